The number of carbonyl (C=O) groups is 1. The number of piperidine rings is 1. The van der Waals surface area contributed by atoms with Gasteiger partial charge in [0.25, 0.3) is 0 Å². The maximum absolute atomic E-state index is 12.6. The lowest BCUT2D eigenvalue weighted by molar-refractivity contribution is -0.135. The highest BCUT2D eigenvalue weighted by Gasteiger charge is 2.34. The third kappa shape index (κ3) is 8.11. The van der Waals surface area contributed by atoms with Crippen LogP contribution in [0.3, 0.4) is 0 Å². The largest absolute Gasteiger partial charge is 0.342 e. The summed E-state index contributed by atoms with van der Waals surface area (Å²) in [5.41, 5.74) is 0.415. The molecule has 0 unspecified atom stereocenters. The number of amides is 1. The monoisotopic (exact) mass is 381 g/mol. The molecule has 0 bridgehead atoms. The van der Waals surface area contributed by atoms with E-state index < -0.39 is 0 Å². The van der Waals surface area contributed by atoms with E-state index in [4.69, 9.17) is 0 Å². The molecular weight excluding hydrogens is 334 g/mol. The summed E-state index contributed by atoms with van der Waals surface area (Å²) in [6.07, 6.45) is 4.93. The molecule has 0 spiro atoms. The van der Waals surface area contributed by atoms with E-state index in [-0.39, 0.29) is 0 Å². The molecule has 2 aliphatic heterocycles. The van der Waals surface area contributed by atoms with E-state index in [2.05, 4.69) is 49.3 Å². The smallest absolute Gasteiger partial charge is 0.236 e. The summed E-state index contributed by atoms with van der Waals surface area (Å²) in [4.78, 5) is 19.7. The van der Waals surface area contributed by atoms with Crippen molar-refractivity contribution >= 4 is 5.91 Å². The highest BCUT2D eigenvalue weighted by molar-refractivity contribution is 5.78. The van der Waals surface area contributed by atoms with Crippen molar-refractivity contribution in [3.8, 4) is 0 Å². The minimum atomic E-state index is 0.346. The van der Waals surface area contributed by atoms with Gasteiger partial charge < -0.3 is 9.80 Å². The first kappa shape index (κ1) is 24.4. The highest BCUT2D eigenvalue weighted by atomic mass is 16.2. The minimum absolute atomic E-state index is 0.346. The normalized spacial score (nSPS) is 21.3. The molecule has 2 heterocycles. The standard InChI is InChI=1S/C21H41N3O.C2H6/c1-18(2)7-6-10-22-13-15-23(16-14-22)17-20(25)24-11-8-21(5,9-12-24)19(3)4;1-2/h18-19H,6-17H2,1-5H3;1-2H3. The third-order valence-corrected chi connectivity index (χ3v) is 6.73. The summed E-state index contributed by atoms with van der Waals surface area (Å²) in [6, 6.07) is 0. The molecule has 160 valence electrons. The Hall–Kier alpha value is -0.610. The Morgan fingerprint density at radius 3 is 1.89 bits per heavy atom. The van der Waals surface area contributed by atoms with Crippen LogP contribution in [-0.4, -0.2) is 73.0 Å². The van der Waals surface area contributed by atoms with Crippen molar-refractivity contribution in [3.63, 3.8) is 0 Å². The van der Waals surface area contributed by atoms with Crippen molar-refractivity contribution in [1.29, 1.82) is 0 Å². The van der Waals surface area contributed by atoms with Crippen molar-refractivity contribution in [2.75, 3.05) is 52.4 Å². The molecule has 4 nitrogen and oxygen atoms in total. The molecule has 0 atom stereocenters. The van der Waals surface area contributed by atoms with Gasteiger partial charge in [-0.1, -0.05) is 48.5 Å². The fraction of sp³-hybridized carbons (Fsp3) is 0.957. The number of piperazine rings is 1. The van der Waals surface area contributed by atoms with Gasteiger partial charge in [-0.15, -0.1) is 0 Å². The lowest BCUT2D eigenvalue weighted by atomic mass is 9.72. The Morgan fingerprint density at radius 2 is 1.41 bits per heavy atom. The van der Waals surface area contributed by atoms with E-state index in [0.717, 1.165) is 58.0 Å². The zero-order valence-corrected chi connectivity index (χ0v) is 19.4. The molecule has 0 radical (unpaired) electrons. The third-order valence-electron chi connectivity index (χ3n) is 6.73. The van der Waals surface area contributed by atoms with E-state index in [0.29, 0.717) is 23.8 Å². The van der Waals surface area contributed by atoms with Gasteiger partial charge in [-0.05, 0) is 49.5 Å². The Balaban J connectivity index is 0.00000176. The van der Waals surface area contributed by atoms with E-state index >= 15 is 0 Å². The van der Waals surface area contributed by atoms with Crippen molar-refractivity contribution in [2.45, 2.75) is 74.1 Å². The predicted octanol–water partition coefficient (Wildman–Crippen LogP) is 4.35. The number of hydrogen-bond acceptors (Lipinski definition) is 3. The van der Waals surface area contributed by atoms with Gasteiger partial charge in [0.05, 0.1) is 6.54 Å². The Bertz CT molecular complexity index is 406. The van der Waals surface area contributed by atoms with E-state index in [9.17, 15) is 4.79 Å². The molecule has 0 aromatic heterocycles. The van der Waals surface area contributed by atoms with Gasteiger partial charge in [0.1, 0.15) is 0 Å². The average molecular weight is 382 g/mol. The van der Waals surface area contributed by atoms with E-state index in [1.165, 1.54) is 19.4 Å². The van der Waals surface area contributed by atoms with Crippen LogP contribution in [0.2, 0.25) is 0 Å². The van der Waals surface area contributed by atoms with Crippen LogP contribution in [-0.2, 0) is 4.79 Å². The molecule has 2 fully saturated rings. The summed E-state index contributed by atoms with van der Waals surface area (Å²) in [5.74, 6) is 1.86. The lowest BCUT2D eigenvalue weighted by Gasteiger charge is -2.43. The molecule has 2 saturated heterocycles. The zero-order valence-electron chi connectivity index (χ0n) is 19.4. The predicted molar refractivity (Wildman–Crippen MR) is 117 cm³/mol. The first-order chi connectivity index (χ1) is 12.8. The van der Waals surface area contributed by atoms with Gasteiger partial charge in [0.15, 0.2) is 0 Å². The molecule has 0 saturated carbocycles. The van der Waals surface area contributed by atoms with Crippen molar-refractivity contribution in [2.24, 2.45) is 17.3 Å². The van der Waals surface area contributed by atoms with Crippen LogP contribution >= 0.6 is 0 Å². The van der Waals surface area contributed by atoms with Gasteiger partial charge in [-0.2, -0.15) is 0 Å². The fourth-order valence-corrected chi connectivity index (χ4v) is 4.03. The minimum Gasteiger partial charge on any atom is -0.342 e. The van der Waals surface area contributed by atoms with Crippen molar-refractivity contribution < 1.29 is 4.79 Å². The van der Waals surface area contributed by atoms with Gasteiger partial charge >= 0.3 is 0 Å². The van der Waals surface area contributed by atoms with Gasteiger partial charge in [0, 0.05) is 39.3 Å². The molecule has 2 aliphatic rings. The second kappa shape index (κ2) is 12.1. The lowest BCUT2D eigenvalue weighted by Crippen LogP contribution is -2.52. The van der Waals surface area contributed by atoms with Crippen molar-refractivity contribution in [1.82, 2.24) is 14.7 Å². The molecule has 4 heteroatoms. The number of likely N-dealkylation sites (tertiary alicyclic amines) is 1. The molecule has 27 heavy (non-hydrogen) atoms. The Morgan fingerprint density at radius 1 is 0.889 bits per heavy atom. The molecule has 0 N–H and O–H groups in total. The van der Waals surface area contributed by atoms with Gasteiger partial charge in [-0.25, -0.2) is 0 Å². The first-order valence-electron chi connectivity index (χ1n) is 11.5. The summed E-state index contributed by atoms with van der Waals surface area (Å²) < 4.78 is 0. The van der Waals surface area contributed by atoms with Crippen LogP contribution in [0.4, 0.5) is 0 Å². The molecular formula is C23H47N3O. The van der Waals surface area contributed by atoms with Crippen LogP contribution in [0.15, 0.2) is 0 Å². The van der Waals surface area contributed by atoms with E-state index in [1.807, 2.05) is 13.8 Å². The second-order valence-electron chi connectivity index (χ2n) is 9.34. The zero-order chi connectivity index (χ0) is 20.4. The summed E-state index contributed by atoms with van der Waals surface area (Å²) in [6.45, 7) is 23.7. The topological polar surface area (TPSA) is 26.8 Å². The fourth-order valence-electron chi connectivity index (χ4n) is 4.03. The van der Waals surface area contributed by atoms with Crippen LogP contribution in [0, 0.1) is 17.3 Å². The summed E-state index contributed by atoms with van der Waals surface area (Å²) in [5, 5.41) is 0. The number of rotatable bonds is 7. The first-order valence-corrected chi connectivity index (χ1v) is 11.5. The number of nitrogens with zero attached hydrogens (tertiary/aromatic N) is 3. The quantitative estimate of drug-likeness (QED) is 0.656. The number of hydrogen-bond donors (Lipinski definition) is 0. The van der Waals surface area contributed by atoms with Gasteiger partial charge in [0.2, 0.25) is 5.91 Å². The maximum Gasteiger partial charge on any atom is 0.236 e. The molecule has 2 rings (SSSR count). The highest BCUT2D eigenvalue weighted by Crippen LogP contribution is 2.37. The van der Waals surface area contributed by atoms with Crippen LogP contribution in [0.5, 0.6) is 0 Å². The Kier molecular flexibility index (Phi) is 10.9. The Labute approximate surface area is 169 Å². The van der Waals surface area contributed by atoms with Crippen LogP contribution in [0.25, 0.3) is 0 Å². The summed E-state index contributed by atoms with van der Waals surface area (Å²) >= 11 is 0. The van der Waals surface area contributed by atoms with Crippen LogP contribution < -0.4 is 0 Å². The van der Waals surface area contributed by atoms with Crippen LogP contribution in [0.1, 0.15) is 74.1 Å². The maximum atomic E-state index is 12.6. The number of carbonyl (C=O) groups excluding carboxylic acids is 1. The molecule has 0 aromatic rings. The molecule has 0 aromatic carbocycles. The average Bonchev–Trinajstić information content (AvgIpc) is 2.65. The summed E-state index contributed by atoms with van der Waals surface area (Å²) in [7, 11) is 0. The molecule has 0 aliphatic carbocycles. The SMILES string of the molecule is CC.CC(C)CCCN1CCN(CC(=O)N2CCC(C)(C(C)C)CC2)CC1. The van der Waals surface area contributed by atoms with Gasteiger partial charge in [-0.3, -0.25) is 9.69 Å². The molecule has 1 amide bonds. The van der Waals surface area contributed by atoms with E-state index in [1.54, 1.807) is 0 Å². The second-order valence-corrected chi connectivity index (χ2v) is 9.34. The van der Waals surface area contributed by atoms with Crippen molar-refractivity contribution in [3.05, 3.63) is 0 Å².